The number of hydrogen-bond acceptors (Lipinski definition) is 8. The van der Waals surface area contributed by atoms with Crippen LogP contribution in [0.4, 0.5) is 17.6 Å². The van der Waals surface area contributed by atoms with E-state index in [-0.39, 0.29) is 6.10 Å². The number of nitrogens with zero attached hydrogens (tertiary/aromatic N) is 6. The minimum atomic E-state index is 0.168. The Morgan fingerprint density at radius 1 is 1.21 bits per heavy atom. The summed E-state index contributed by atoms with van der Waals surface area (Å²) >= 11 is 0. The first kappa shape index (κ1) is 23.4. The Kier molecular flexibility index (Phi) is 7.39. The minimum Gasteiger partial charge on any atom is -0.380 e. The molecule has 4 rings (SSSR count). The van der Waals surface area contributed by atoms with Crippen molar-refractivity contribution in [3.05, 3.63) is 29.6 Å². The van der Waals surface area contributed by atoms with Crippen molar-refractivity contribution in [3.63, 3.8) is 0 Å². The summed E-state index contributed by atoms with van der Waals surface area (Å²) in [6.45, 7) is 8.65. The highest BCUT2D eigenvalue weighted by atomic mass is 16.5. The molecule has 9 nitrogen and oxygen atoms in total. The molecule has 1 aliphatic carbocycles. The van der Waals surface area contributed by atoms with Crippen molar-refractivity contribution in [2.45, 2.75) is 52.7 Å². The Morgan fingerprint density at radius 3 is 2.70 bits per heavy atom. The highest BCUT2D eigenvalue weighted by molar-refractivity contribution is 5.90. The number of pyridine rings is 1. The van der Waals surface area contributed by atoms with Gasteiger partial charge in [0.25, 0.3) is 0 Å². The molecule has 0 saturated heterocycles. The topological polar surface area (TPSA) is 90.2 Å². The number of hydrogen-bond donors (Lipinski definition) is 1. The van der Waals surface area contributed by atoms with Gasteiger partial charge in [0, 0.05) is 39.9 Å². The molecular weight excluding hydrogens is 418 g/mol. The molecule has 3 aromatic heterocycles. The summed E-state index contributed by atoms with van der Waals surface area (Å²) in [5.41, 5.74) is 3.79. The van der Waals surface area contributed by atoms with Gasteiger partial charge in [0.2, 0.25) is 5.95 Å². The van der Waals surface area contributed by atoms with Gasteiger partial charge in [-0.3, -0.25) is 4.68 Å². The van der Waals surface area contributed by atoms with E-state index in [0.29, 0.717) is 44.0 Å². The second kappa shape index (κ2) is 10.4. The van der Waals surface area contributed by atoms with Gasteiger partial charge in [-0.2, -0.15) is 10.1 Å². The van der Waals surface area contributed by atoms with E-state index in [1.54, 1.807) is 6.20 Å². The average molecular weight is 454 g/mol. The standard InChI is InChI=1S/C24H35N7O2/c1-6-32-13-12-31-22-21(18(29-31)15-19(33-7-2)17-8-9-17)27-24(30(4)5)28-23(22)26-20-14-16(3)10-11-25-20/h10-11,14,17,19H,6-9,12-13,15H2,1-5H3,(H,25,26,27,28). The predicted octanol–water partition coefficient (Wildman–Crippen LogP) is 3.73. The van der Waals surface area contributed by atoms with Gasteiger partial charge in [0.05, 0.1) is 24.9 Å². The van der Waals surface area contributed by atoms with Crippen LogP contribution in [0.15, 0.2) is 18.3 Å². The van der Waals surface area contributed by atoms with E-state index in [2.05, 4.69) is 17.2 Å². The Hall–Kier alpha value is -2.78. The molecule has 0 radical (unpaired) electrons. The first-order chi connectivity index (χ1) is 16.0. The first-order valence-corrected chi connectivity index (χ1v) is 11.8. The van der Waals surface area contributed by atoms with E-state index in [0.717, 1.165) is 34.5 Å². The Morgan fingerprint density at radius 2 is 2.03 bits per heavy atom. The minimum absolute atomic E-state index is 0.168. The zero-order valence-electron chi connectivity index (χ0n) is 20.3. The quantitative estimate of drug-likeness (QED) is 0.415. The fourth-order valence-corrected chi connectivity index (χ4v) is 3.97. The van der Waals surface area contributed by atoms with Crippen molar-refractivity contribution < 1.29 is 9.47 Å². The van der Waals surface area contributed by atoms with Crippen LogP contribution in [0.2, 0.25) is 0 Å². The van der Waals surface area contributed by atoms with Gasteiger partial charge in [0.1, 0.15) is 16.9 Å². The number of nitrogens with one attached hydrogen (secondary N) is 1. The lowest BCUT2D eigenvalue weighted by atomic mass is 10.1. The van der Waals surface area contributed by atoms with Crippen molar-refractivity contribution in [2.75, 3.05) is 44.1 Å². The summed E-state index contributed by atoms with van der Waals surface area (Å²) < 4.78 is 13.7. The number of aryl methyl sites for hydroxylation is 1. The molecule has 1 unspecified atom stereocenters. The zero-order chi connectivity index (χ0) is 23.4. The molecule has 9 heteroatoms. The van der Waals surface area contributed by atoms with Gasteiger partial charge < -0.3 is 19.7 Å². The van der Waals surface area contributed by atoms with E-state index >= 15 is 0 Å². The monoisotopic (exact) mass is 453 g/mol. The molecule has 3 aromatic rings. The molecule has 1 aliphatic rings. The SMILES string of the molecule is CCOCCn1nc(CC(OCC)C2CC2)c2nc(N(C)C)nc(Nc3cc(C)ccn3)c21. The molecule has 0 aromatic carbocycles. The van der Waals surface area contributed by atoms with Crippen LogP contribution in [0.5, 0.6) is 0 Å². The van der Waals surface area contributed by atoms with Crippen molar-refractivity contribution >= 4 is 28.6 Å². The van der Waals surface area contributed by atoms with Crippen molar-refractivity contribution in [2.24, 2.45) is 5.92 Å². The number of ether oxygens (including phenoxy) is 2. The lowest BCUT2D eigenvalue weighted by molar-refractivity contribution is 0.0470. The molecule has 178 valence electrons. The maximum absolute atomic E-state index is 6.09. The van der Waals surface area contributed by atoms with E-state index in [1.165, 1.54) is 12.8 Å². The summed E-state index contributed by atoms with van der Waals surface area (Å²) in [6, 6.07) is 3.98. The van der Waals surface area contributed by atoms with Crippen molar-refractivity contribution in [1.29, 1.82) is 0 Å². The van der Waals surface area contributed by atoms with E-state index in [9.17, 15) is 0 Å². The van der Waals surface area contributed by atoms with Crippen LogP contribution in [0, 0.1) is 12.8 Å². The third kappa shape index (κ3) is 5.59. The molecule has 1 saturated carbocycles. The fraction of sp³-hybridized carbons (Fsp3) is 0.583. The summed E-state index contributed by atoms with van der Waals surface area (Å²) in [5, 5.41) is 8.41. The van der Waals surface area contributed by atoms with Crippen molar-refractivity contribution in [3.8, 4) is 0 Å². The molecule has 3 heterocycles. The van der Waals surface area contributed by atoms with Crippen LogP contribution in [0.25, 0.3) is 11.0 Å². The average Bonchev–Trinajstić information content (AvgIpc) is 3.57. The maximum atomic E-state index is 6.09. The van der Waals surface area contributed by atoms with Gasteiger partial charge in [0.15, 0.2) is 5.82 Å². The van der Waals surface area contributed by atoms with Gasteiger partial charge in [-0.05, 0) is 57.2 Å². The highest BCUT2D eigenvalue weighted by Gasteiger charge is 2.33. The van der Waals surface area contributed by atoms with E-state index < -0.39 is 0 Å². The molecule has 1 atom stereocenters. The second-order valence-electron chi connectivity index (χ2n) is 8.71. The molecule has 0 amide bonds. The third-order valence-electron chi connectivity index (χ3n) is 5.78. The summed E-state index contributed by atoms with van der Waals surface area (Å²) in [5.74, 6) is 2.67. The lowest BCUT2D eigenvalue weighted by Crippen LogP contribution is -2.19. The molecule has 0 aliphatic heterocycles. The maximum Gasteiger partial charge on any atom is 0.227 e. The van der Waals surface area contributed by atoms with E-state index in [1.807, 2.05) is 49.7 Å². The third-order valence-corrected chi connectivity index (χ3v) is 5.78. The normalized spacial score (nSPS) is 14.6. The Labute approximate surface area is 195 Å². The van der Waals surface area contributed by atoms with Gasteiger partial charge in [-0.1, -0.05) is 0 Å². The van der Waals surface area contributed by atoms with Crippen LogP contribution < -0.4 is 10.2 Å². The molecule has 0 bridgehead atoms. The number of fused-ring (bicyclic) bond motifs is 1. The molecule has 33 heavy (non-hydrogen) atoms. The fourth-order valence-electron chi connectivity index (χ4n) is 3.97. The molecular formula is C24H35N7O2. The predicted molar refractivity (Wildman–Crippen MR) is 130 cm³/mol. The van der Waals surface area contributed by atoms with E-state index in [4.69, 9.17) is 24.5 Å². The Balaban J connectivity index is 1.80. The van der Waals surface area contributed by atoms with Crippen LogP contribution in [-0.4, -0.2) is 64.8 Å². The van der Waals surface area contributed by atoms with Gasteiger partial charge in [-0.15, -0.1) is 0 Å². The first-order valence-electron chi connectivity index (χ1n) is 11.8. The largest absolute Gasteiger partial charge is 0.380 e. The van der Waals surface area contributed by atoms with Crippen molar-refractivity contribution in [1.82, 2.24) is 24.7 Å². The zero-order valence-corrected chi connectivity index (χ0v) is 20.3. The van der Waals surface area contributed by atoms with Crippen LogP contribution >= 0.6 is 0 Å². The second-order valence-corrected chi connectivity index (χ2v) is 8.71. The molecule has 1 N–H and O–H groups in total. The van der Waals surface area contributed by atoms with Gasteiger partial charge >= 0.3 is 0 Å². The number of aromatic nitrogens is 5. The molecule has 1 fully saturated rings. The van der Waals surface area contributed by atoms with Crippen LogP contribution in [0.1, 0.15) is 37.9 Å². The number of rotatable bonds is 12. The molecule has 0 spiro atoms. The van der Waals surface area contributed by atoms with Crippen LogP contribution in [0.3, 0.4) is 0 Å². The lowest BCUT2D eigenvalue weighted by Gasteiger charge is -2.16. The number of anilines is 3. The Bertz CT molecular complexity index is 1080. The summed E-state index contributed by atoms with van der Waals surface area (Å²) in [6.07, 6.45) is 5.14. The van der Waals surface area contributed by atoms with Gasteiger partial charge in [-0.25, -0.2) is 9.97 Å². The smallest absolute Gasteiger partial charge is 0.227 e. The summed E-state index contributed by atoms with van der Waals surface area (Å²) in [7, 11) is 3.89. The summed E-state index contributed by atoms with van der Waals surface area (Å²) in [4.78, 5) is 16.1. The van der Waals surface area contributed by atoms with Crippen LogP contribution in [-0.2, 0) is 22.4 Å². The highest BCUT2D eigenvalue weighted by Crippen LogP contribution is 2.37.